The third-order valence-corrected chi connectivity index (χ3v) is 8.07. The van der Waals surface area contributed by atoms with Gasteiger partial charge in [0.05, 0.1) is 19.3 Å². The van der Waals surface area contributed by atoms with E-state index < -0.39 is 90.9 Å². The summed E-state index contributed by atoms with van der Waals surface area (Å²) in [5.41, 5.74) is 10.2. The summed E-state index contributed by atoms with van der Waals surface area (Å²) in [7, 11) is 0. The van der Waals surface area contributed by atoms with Crippen LogP contribution in [0.25, 0.3) is 0 Å². The van der Waals surface area contributed by atoms with Crippen LogP contribution in [0.3, 0.4) is 0 Å². The van der Waals surface area contributed by atoms with Crippen LogP contribution in [-0.2, 0) is 35.3 Å². The molecule has 55 heavy (non-hydrogen) atoms. The third-order valence-electron chi connectivity index (χ3n) is 8.07. The maximum atomic E-state index is 15.1. The number of aliphatic imine (C=N–C) groups is 1. The molecule has 0 saturated carbocycles. The minimum atomic E-state index is -1.71. The summed E-state index contributed by atoms with van der Waals surface area (Å²) < 4.78 is 26.1. The fourth-order valence-corrected chi connectivity index (χ4v) is 5.25. The van der Waals surface area contributed by atoms with Gasteiger partial charge >= 0.3 is 11.8 Å². The Morgan fingerprint density at radius 2 is 1.69 bits per heavy atom. The van der Waals surface area contributed by atoms with Crippen molar-refractivity contribution in [3.63, 3.8) is 0 Å². The molecule has 1 fully saturated rings. The Balaban J connectivity index is 1.67. The van der Waals surface area contributed by atoms with Crippen molar-refractivity contribution in [3.05, 3.63) is 58.4 Å². The van der Waals surface area contributed by atoms with Crippen LogP contribution in [0.5, 0.6) is 0 Å². The summed E-state index contributed by atoms with van der Waals surface area (Å²) in [5.74, 6) is -5.12. The Morgan fingerprint density at radius 3 is 2.35 bits per heavy atom. The first kappa shape index (κ1) is 43.7. The molecule has 21 nitrogen and oxygen atoms in total. The van der Waals surface area contributed by atoms with E-state index in [-0.39, 0.29) is 57.2 Å². The molecule has 5 amide bonds. The number of alkyl carbamates (subject to hydrolysis) is 1. The van der Waals surface area contributed by atoms with Crippen LogP contribution in [0.1, 0.15) is 50.8 Å². The van der Waals surface area contributed by atoms with Crippen LogP contribution in [0.15, 0.2) is 46.3 Å². The van der Waals surface area contributed by atoms with Crippen LogP contribution >= 0.6 is 0 Å². The number of aromatic nitrogens is 2. The second-order valence-electron chi connectivity index (χ2n) is 12.4. The molecule has 12 N–H and O–H groups in total. The van der Waals surface area contributed by atoms with E-state index in [1.807, 2.05) is 0 Å². The highest BCUT2D eigenvalue weighted by molar-refractivity contribution is 5.97. The molecule has 0 aliphatic carbocycles. The average molecular weight is 779 g/mol. The van der Waals surface area contributed by atoms with E-state index in [1.165, 1.54) is 6.92 Å². The minimum absolute atomic E-state index is 0.0332. The molecule has 22 heteroatoms. The van der Waals surface area contributed by atoms with Crippen molar-refractivity contribution in [3.8, 4) is 0 Å². The molecule has 1 aromatic heterocycles. The number of rotatable bonds is 20. The molecule has 1 aliphatic rings. The fraction of sp³-hybridized carbons (Fsp3) is 0.515. The first-order valence-corrected chi connectivity index (χ1v) is 17.3. The number of nitrogens with two attached hydrogens (primary N) is 2. The Kier molecular flexibility index (Phi) is 17.4. The maximum Gasteiger partial charge on any atom is 0.408 e. The quantitative estimate of drug-likeness (QED) is 0.0369. The monoisotopic (exact) mass is 778 g/mol. The lowest BCUT2D eigenvalue weighted by Gasteiger charge is -2.21. The highest BCUT2D eigenvalue weighted by Gasteiger charge is 2.44. The number of ether oxygens (including phenoxy) is 2. The van der Waals surface area contributed by atoms with Crippen molar-refractivity contribution in [2.75, 3.05) is 31.6 Å². The van der Waals surface area contributed by atoms with Gasteiger partial charge in [0.2, 0.25) is 23.6 Å². The number of unbranched alkanes of at least 4 members (excludes halogenated alkanes) is 1. The standard InChI is InChI=1S/C33H47FN10O11/c1-18(46)37-12-6-5-10-22(29(51)42-27-20(34)15-44(32(52)43-27)30-26(49)25(48)23(16-45)55-30)40-24(47)14-39-28(50)21(11-7-13-38-31(35)36)41-33(53)54-17-19-8-3-2-4-9-19/h2-4,8-9,15,21-23,25-26,30,45,48-49H,5-7,10-14,16-17H2,1H3,(H,37,46)(H,39,50)(H,40,47)(H,41,53)(H4,35,36,38)(H,42,43,51,52)/t21?,22?,23-,25-,26-,30-/m1/s1. The van der Waals surface area contributed by atoms with Crippen molar-refractivity contribution in [2.24, 2.45) is 16.5 Å². The van der Waals surface area contributed by atoms with Gasteiger partial charge in [-0.3, -0.25) is 28.7 Å². The number of carbonyl (C=O) groups excluding carboxylic acids is 5. The maximum absolute atomic E-state index is 15.1. The molecular formula is C33H47FN10O11. The first-order chi connectivity index (χ1) is 26.2. The Bertz CT molecular complexity index is 1710. The van der Waals surface area contributed by atoms with E-state index in [0.717, 1.165) is 0 Å². The second kappa shape index (κ2) is 21.9. The number of hydrogen-bond donors (Lipinski definition) is 10. The summed E-state index contributed by atoms with van der Waals surface area (Å²) >= 11 is 0. The molecule has 3 rings (SSSR count). The van der Waals surface area contributed by atoms with Crippen molar-refractivity contribution >= 4 is 41.5 Å². The van der Waals surface area contributed by atoms with E-state index in [4.69, 9.17) is 20.9 Å². The van der Waals surface area contributed by atoms with E-state index in [9.17, 15) is 44.1 Å². The largest absolute Gasteiger partial charge is 0.445 e. The molecule has 2 unspecified atom stereocenters. The third kappa shape index (κ3) is 14.2. The van der Waals surface area contributed by atoms with Gasteiger partial charge < -0.3 is 62.8 Å². The van der Waals surface area contributed by atoms with E-state index in [0.29, 0.717) is 22.7 Å². The van der Waals surface area contributed by atoms with Gasteiger partial charge in [-0.15, -0.1) is 0 Å². The zero-order valence-electron chi connectivity index (χ0n) is 30.0. The van der Waals surface area contributed by atoms with Gasteiger partial charge in [-0.05, 0) is 37.7 Å². The van der Waals surface area contributed by atoms with Crippen molar-refractivity contribution < 1.29 is 53.2 Å². The number of hydrogen-bond acceptors (Lipinski definition) is 13. The number of aliphatic hydroxyl groups excluding tert-OH is 3. The highest BCUT2D eigenvalue weighted by Crippen LogP contribution is 2.28. The summed E-state index contributed by atoms with van der Waals surface area (Å²) in [6, 6.07) is 6.26. The summed E-state index contributed by atoms with van der Waals surface area (Å²) in [4.78, 5) is 83.3. The van der Waals surface area contributed by atoms with Crippen LogP contribution in [0.4, 0.5) is 15.0 Å². The fourth-order valence-electron chi connectivity index (χ4n) is 5.25. The lowest BCUT2D eigenvalue weighted by molar-refractivity contribution is -0.129. The van der Waals surface area contributed by atoms with Gasteiger partial charge in [0, 0.05) is 20.0 Å². The van der Waals surface area contributed by atoms with Gasteiger partial charge in [0.1, 0.15) is 37.0 Å². The normalized spacial score (nSPS) is 18.6. The van der Waals surface area contributed by atoms with Gasteiger partial charge in [-0.25, -0.2) is 14.0 Å². The zero-order valence-corrected chi connectivity index (χ0v) is 30.0. The smallest absolute Gasteiger partial charge is 0.408 e. The molecule has 2 aromatic rings. The second-order valence-corrected chi connectivity index (χ2v) is 12.4. The SMILES string of the molecule is CC(=O)NCCCCC(NC(=O)CNC(=O)C(CCCN=C(N)N)NC(=O)OCc1ccccc1)C(=O)Nc1nc(=O)n([C@@H]2O[C@H](CO)[C@@H](O)[C@H]2O)cc1F. The molecular weight excluding hydrogens is 731 g/mol. The predicted octanol–water partition coefficient (Wildman–Crippen LogP) is -2.81. The molecule has 1 saturated heterocycles. The highest BCUT2D eigenvalue weighted by atomic mass is 19.1. The van der Waals surface area contributed by atoms with E-state index in [1.54, 1.807) is 30.3 Å². The number of benzene rings is 1. The molecule has 0 spiro atoms. The molecule has 1 aliphatic heterocycles. The van der Waals surface area contributed by atoms with Crippen LogP contribution in [0, 0.1) is 5.82 Å². The van der Waals surface area contributed by atoms with Crippen molar-refractivity contribution in [2.45, 2.75) is 82.3 Å². The summed E-state index contributed by atoms with van der Waals surface area (Å²) in [6.45, 7) is 0.292. The Hall–Kier alpha value is -5.71. The minimum Gasteiger partial charge on any atom is -0.445 e. The van der Waals surface area contributed by atoms with Gasteiger partial charge in [0.25, 0.3) is 0 Å². The number of carbonyl (C=O) groups is 5. The van der Waals surface area contributed by atoms with Gasteiger partial charge in [0.15, 0.2) is 23.8 Å². The van der Waals surface area contributed by atoms with Gasteiger partial charge in [-0.2, -0.15) is 4.98 Å². The van der Waals surface area contributed by atoms with Crippen molar-refractivity contribution in [1.29, 1.82) is 0 Å². The molecule has 302 valence electrons. The first-order valence-electron chi connectivity index (χ1n) is 17.3. The molecule has 6 atom stereocenters. The molecule has 1 aromatic carbocycles. The summed E-state index contributed by atoms with van der Waals surface area (Å²) in [5, 5.41) is 41.6. The van der Waals surface area contributed by atoms with Crippen LogP contribution < -0.4 is 43.7 Å². The topological polar surface area (TPSA) is 324 Å². The number of aliphatic hydroxyl groups is 3. The average Bonchev–Trinajstić information content (AvgIpc) is 3.43. The molecule has 2 heterocycles. The number of nitrogens with one attached hydrogen (secondary N) is 5. The van der Waals surface area contributed by atoms with Gasteiger partial charge in [-0.1, -0.05) is 30.3 Å². The number of halogens is 1. The predicted molar refractivity (Wildman–Crippen MR) is 191 cm³/mol. The molecule has 0 radical (unpaired) electrons. The Labute approximate surface area is 314 Å². The van der Waals surface area contributed by atoms with E-state index >= 15 is 4.39 Å². The Morgan fingerprint density at radius 1 is 1.00 bits per heavy atom. The molecule has 0 bridgehead atoms. The van der Waals surface area contributed by atoms with Crippen LogP contribution in [-0.4, -0.2) is 117 Å². The van der Waals surface area contributed by atoms with E-state index in [2.05, 4.69) is 36.6 Å². The lowest BCUT2D eigenvalue weighted by atomic mass is 10.1. The number of amides is 5. The lowest BCUT2D eigenvalue weighted by Crippen LogP contribution is -2.51. The van der Waals surface area contributed by atoms with Crippen molar-refractivity contribution in [1.82, 2.24) is 30.8 Å². The zero-order chi connectivity index (χ0) is 40.5. The number of guanidine groups is 1. The number of anilines is 1. The van der Waals surface area contributed by atoms with Crippen LogP contribution in [0.2, 0.25) is 0 Å². The summed E-state index contributed by atoms with van der Waals surface area (Å²) in [6.07, 6.45) is -5.52. The number of nitrogens with zero attached hydrogens (tertiary/aromatic N) is 3.